The lowest BCUT2D eigenvalue weighted by Crippen LogP contribution is -2.13. The predicted octanol–water partition coefficient (Wildman–Crippen LogP) is 5.03. The number of pyridine rings is 1. The first kappa shape index (κ1) is 16.9. The molecule has 0 saturated heterocycles. The van der Waals surface area contributed by atoms with Crippen molar-refractivity contribution in [2.45, 2.75) is 6.92 Å². The van der Waals surface area contributed by atoms with Crippen LogP contribution in [0.3, 0.4) is 0 Å². The normalized spacial score (nSPS) is 10.7. The molecule has 2 aromatic heterocycles. The lowest BCUT2D eigenvalue weighted by atomic mass is 10.2. The molecule has 0 bridgehead atoms. The van der Waals surface area contributed by atoms with Crippen molar-refractivity contribution >= 4 is 28.4 Å². The maximum atomic E-state index is 13.9. The van der Waals surface area contributed by atoms with Gasteiger partial charge in [-0.2, -0.15) is 0 Å². The fourth-order valence-electron chi connectivity index (χ4n) is 2.82. The molecule has 2 heterocycles. The van der Waals surface area contributed by atoms with E-state index in [1.807, 2.05) is 49.4 Å². The average molecular weight is 360 g/mol. The molecule has 0 aliphatic rings. The molecule has 0 atom stereocenters. The van der Waals surface area contributed by atoms with Gasteiger partial charge in [-0.15, -0.1) is 0 Å². The Hall–Kier alpha value is -3.54. The molecule has 4 rings (SSSR count). The zero-order chi connectivity index (χ0) is 18.6. The Balaban J connectivity index is 1.84. The molecule has 0 aliphatic carbocycles. The minimum absolute atomic E-state index is 0.328. The highest BCUT2D eigenvalue weighted by atomic mass is 19.1. The van der Waals surface area contributed by atoms with Crippen molar-refractivity contribution in [3.8, 4) is 5.75 Å². The number of hydrogen-bond donors (Lipinski definition) is 0. The van der Waals surface area contributed by atoms with E-state index in [1.165, 1.54) is 12.1 Å². The number of halogens is 1. The second-order valence-corrected chi connectivity index (χ2v) is 5.82. The molecular weight excluding hydrogens is 343 g/mol. The standard InChI is InChI=1S/C21H17FN4O/c1-2-27-18-10-8-16(9-11-18)26(17-6-3-5-15(22)13-17)21-24-14-20-19(25-21)7-4-12-23-20/h3-14H,2H2,1H3. The van der Waals surface area contributed by atoms with Gasteiger partial charge in [0, 0.05) is 11.9 Å². The summed E-state index contributed by atoms with van der Waals surface area (Å²) in [7, 11) is 0. The fourth-order valence-corrected chi connectivity index (χ4v) is 2.82. The molecule has 27 heavy (non-hydrogen) atoms. The number of hydrogen-bond acceptors (Lipinski definition) is 5. The summed E-state index contributed by atoms with van der Waals surface area (Å²) in [5.74, 6) is 0.875. The zero-order valence-corrected chi connectivity index (χ0v) is 14.7. The van der Waals surface area contributed by atoms with Gasteiger partial charge >= 0.3 is 0 Å². The van der Waals surface area contributed by atoms with Crippen LogP contribution in [0.2, 0.25) is 0 Å². The fraction of sp³-hybridized carbons (Fsp3) is 0.0952. The summed E-state index contributed by atoms with van der Waals surface area (Å²) in [5, 5.41) is 0. The molecule has 6 heteroatoms. The van der Waals surface area contributed by atoms with Gasteiger partial charge in [0.05, 0.1) is 24.0 Å². The lowest BCUT2D eigenvalue weighted by molar-refractivity contribution is 0.340. The Morgan fingerprint density at radius 2 is 1.78 bits per heavy atom. The van der Waals surface area contributed by atoms with Crippen molar-refractivity contribution in [2.24, 2.45) is 0 Å². The molecule has 0 N–H and O–H groups in total. The number of aromatic nitrogens is 3. The van der Waals surface area contributed by atoms with E-state index in [2.05, 4.69) is 15.0 Å². The summed E-state index contributed by atoms with van der Waals surface area (Å²) in [6, 6.07) is 17.6. The van der Waals surface area contributed by atoms with Gasteiger partial charge in [-0.1, -0.05) is 6.07 Å². The SMILES string of the molecule is CCOc1ccc(N(c2cccc(F)c2)c2ncc3ncccc3n2)cc1. The van der Waals surface area contributed by atoms with Crippen LogP contribution in [0, 0.1) is 5.82 Å². The third-order valence-electron chi connectivity index (χ3n) is 4.01. The van der Waals surface area contributed by atoms with Crippen molar-refractivity contribution in [3.05, 3.63) is 78.9 Å². The summed E-state index contributed by atoms with van der Waals surface area (Å²) in [6.45, 7) is 2.53. The molecule has 0 radical (unpaired) electrons. The number of benzene rings is 2. The largest absolute Gasteiger partial charge is 0.494 e. The first-order chi connectivity index (χ1) is 13.2. The van der Waals surface area contributed by atoms with Crippen LogP contribution in [0.1, 0.15) is 6.92 Å². The smallest absolute Gasteiger partial charge is 0.235 e. The summed E-state index contributed by atoms with van der Waals surface area (Å²) in [6.07, 6.45) is 3.36. The Kier molecular flexibility index (Phi) is 4.61. The van der Waals surface area contributed by atoms with Crippen LogP contribution in [-0.2, 0) is 0 Å². The van der Waals surface area contributed by atoms with Crippen LogP contribution < -0.4 is 9.64 Å². The van der Waals surface area contributed by atoms with Gasteiger partial charge in [0.1, 0.15) is 17.1 Å². The van der Waals surface area contributed by atoms with Gasteiger partial charge in [0.15, 0.2) is 0 Å². The number of rotatable bonds is 5. The third-order valence-corrected chi connectivity index (χ3v) is 4.01. The van der Waals surface area contributed by atoms with Crippen LogP contribution in [0.15, 0.2) is 73.1 Å². The number of ether oxygens (including phenoxy) is 1. The quantitative estimate of drug-likeness (QED) is 0.499. The molecule has 0 spiro atoms. The van der Waals surface area contributed by atoms with Crippen molar-refractivity contribution in [1.82, 2.24) is 15.0 Å². The van der Waals surface area contributed by atoms with Gasteiger partial charge in [0.25, 0.3) is 0 Å². The zero-order valence-electron chi connectivity index (χ0n) is 14.7. The Bertz CT molecular complexity index is 1070. The van der Waals surface area contributed by atoms with Gasteiger partial charge in [-0.25, -0.2) is 14.4 Å². The third kappa shape index (κ3) is 3.55. The second-order valence-electron chi connectivity index (χ2n) is 5.82. The van der Waals surface area contributed by atoms with E-state index < -0.39 is 0 Å². The summed E-state index contributed by atoms with van der Waals surface area (Å²) in [5.41, 5.74) is 2.84. The van der Waals surface area contributed by atoms with E-state index in [-0.39, 0.29) is 5.82 Å². The topological polar surface area (TPSA) is 51.1 Å². The van der Waals surface area contributed by atoms with E-state index in [0.717, 1.165) is 17.0 Å². The summed E-state index contributed by atoms with van der Waals surface area (Å²) >= 11 is 0. The van der Waals surface area contributed by atoms with Crippen molar-refractivity contribution in [2.75, 3.05) is 11.5 Å². The van der Waals surface area contributed by atoms with Gasteiger partial charge in [0.2, 0.25) is 5.95 Å². The minimum Gasteiger partial charge on any atom is -0.494 e. The van der Waals surface area contributed by atoms with E-state index in [9.17, 15) is 4.39 Å². The van der Waals surface area contributed by atoms with Crippen molar-refractivity contribution < 1.29 is 9.13 Å². The highest BCUT2D eigenvalue weighted by Crippen LogP contribution is 2.33. The molecule has 134 valence electrons. The molecule has 4 aromatic rings. The molecule has 0 unspecified atom stereocenters. The molecule has 2 aromatic carbocycles. The summed E-state index contributed by atoms with van der Waals surface area (Å²) in [4.78, 5) is 15.1. The number of fused-ring (bicyclic) bond motifs is 1. The highest BCUT2D eigenvalue weighted by Gasteiger charge is 2.16. The number of nitrogens with zero attached hydrogens (tertiary/aromatic N) is 4. The minimum atomic E-state index is -0.328. The van der Waals surface area contributed by atoms with Crippen LogP contribution in [0.5, 0.6) is 5.75 Å². The Morgan fingerprint density at radius 3 is 2.56 bits per heavy atom. The van der Waals surface area contributed by atoms with E-state index in [4.69, 9.17) is 4.74 Å². The van der Waals surface area contributed by atoms with Gasteiger partial charge in [-0.3, -0.25) is 9.88 Å². The predicted molar refractivity (Wildman–Crippen MR) is 103 cm³/mol. The first-order valence-corrected chi connectivity index (χ1v) is 8.61. The van der Waals surface area contributed by atoms with Crippen LogP contribution in [-0.4, -0.2) is 21.6 Å². The highest BCUT2D eigenvalue weighted by molar-refractivity contribution is 5.78. The number of anilines is 3. The van der Waals surface area contributed by atoms with Crippen LogP contribution in [0.4, 0.5) is 21.7 Å². The maximum Gasteiger partial charge on any atom is 0.235 e. The van der Waals surface area contributed by atoms with Crippen molar-refractivity contribution in [3.63, 3.8) is 0 Å². The molecule has 0 aliphatic heterocycles. The van der Waals surface area contributed by atoms with Gasteiger partial charge in [-0.05, 0) is 61.5 Å². The van der Waals surface area contributed by atoms with Crippen molar-refractivity contribution in [1.29, 1.82) is 0 Å². The molecule has 0 saturated carbocycles. The average Bonchev–Trinajstić information content (AvgIpc) is 2.70. The van der Waals surface area contributed by atoms with E-state index in [0.29, 0.717) is 23.8 Å². The second kappa shape index (κ2) is 7.37. The van der Waals surface area contributed by atoms with E-state index >= 15 is 0 Å². The first-order valence-electron chi connectivity index (χ1n) is 8.61. The maximum absolute atomic E-state index is 13.9. The van der Waals surface area contributed by atoms with Gasteiger partial charge < -0.3 is 4.74 Å². The molecule has 0 amide bonds. The molecular formula is C21H17FN4O. The van der Waals surface area contributed by atoms with Crippen LogP contribution in [0.25, 0.3) is 11.0 Å². The molecule has 0 fully saturated rings. The molecule has 5 nitrogen and oxygen atoms in total. The lowest BCUT2D eigenvalue weighted by Gasteiger charge is -2.23. The van der Waals surface area contributed by atoms with E-state index in [1.54, 1.807) is 23.4 Å². The monoisotopic (exact) mass is 360 g/mol. The Morgan fingerprint density at radius 1 is 0.926 bits per heavy atom. The van der Waals surface area contributed by atoms with Crippen LogP contribution >= 0.6 is 0 Å². The Labute approximate surface area is 156 Å². The summed E-state index contributed by atoms with van der Waals surface area (Å²) < 4.78 is 19.4.